The topological polar surface area (TPSA) is 26.3 Å². The second-order valence-corrected chi connectivity index (χ2v) is 13.2. The summed E-state index contributed by atoms with van der Waals surface area (Å²) in [5.74, 6) is 0. The zero-order chi connectivity index (χ0) is 32.8. The summed E-state index contributed by atoms with van der Waals surface area (Å²) in [5, 5.41) is 13.2. The van der Waals surface area contributed by atoms with Crippen LogP contribution in [-0.4, -0.2) is 0 Å². The molecular formula is C48H28O2. The minimum atomic E-state index is 0.824. The SMILES string of the molecule is c1ccc(-c2coc3cc4oc5cc(-c6c7ccccc7c(-c7cc8ccccc8c8ccccc78)c7ccccc67)ccc5c4cc23)cc1. The van der Waals surface area contributed by atoms with Crippen molar-refractivity contribution in [1.82, 2.24) is 0 Å². The Balaban J connectivity index is 1.17. The Hall–Kier alpha value is -6.64. The minimum Gasteiger partial charge on any atom is -0.464 e. The van der Waals surface area contributed by atoms with Crippen molar-refractivity contribution in [3.63, 3.8) is 0 Å². The molecule has 0 saturated heterocycles. The van der Waals surface area contributed by atoms with Gasteiger partial charge in [-0.05, 0) is 95.2 Å². The Morgan fingerprint density at radius 3 is 1.64 bits per heavy atom. The molecule has 0 atom stereocenters. The van der Waals surface area contributed by atoms with Crippen molar-refractivity contribution in [1.29, 1.82) is 0 Å². The molecule has 0 aliphatic heterocycles. The van der Waals surface area contributed by atoms with Crippen molar-refractivity contribution in [2.75, 3.05) is 0 Å². The molecule has 0 bridgehead atoms. The van der Waals surface area contributed by atoms with E-state index in [1.54, 1.807) is 0 Å². The van der Waals surface area contributed by atoms with Crippen molar-refractivity contribution >= 4 is 76.0 Å². The van der Waals surface area contributed by atoms with E-state index in [0.29, 0.717) is 0 Å². The quantitative estimate of drug-likeness (QED) is 0.142. The fraction of sp³-hybridized carbons (Fsp3) is 0. The van der Waals surface area contributed by atoms with Crippen LogP contribution in [0.2, 0.25) is 0 Å². The molecule has 0 unspecified atom stereocenters. The summed E-state index contributed by atoms with van der Waals surface area (Å²) in [5.41, 5.74) is 9.61. The van der Waals surface area contributed by atoms with Crippen LogP contribution < -0.4 is 0 Å². The van der Waals surface area contributed by atoms with Crippen molar-refractivity contribution < 1.29 is 8.83 Å². The van der Waals surface area contributed by atoms with E-state index in [4.69, 9.17) is 8.83 Å². The van der Waals surface area contributed by atoms with E-state index in [0.717, 1.165) is 49.6 Å². The maximum atomic E-state index is 6.58. The normalized spacial score (nSPS) is 12.0. The van der Waals surface area contributed by atoms with Crippen molar-refractivity contribution in [2.24, 2.45) is 0 Å². The molecule has 2 heteroatoms. The highest BCUT2D eigenvalue weighted by atomic mass is 16.3. The highest BCUT2D eigenvalue weighted by Gasteiger charge is 2.20. The smallest absolute Gasteiger partial charge is 0.139 e. The van der Waals surface area contributed by atoms with E-state index in [-0.39, 0.29) is 0 Å². The second kappa shape index (κ2) is 10.4. The van der Waals surface area contributed by atoms with Crippen LogP contribution in [0, 0.1) is 0 Å². The van der Waals surface area contributed by atoms with E-state index in [1.165, 1.54) is 59.8 Å². The van der Waals surface area contributed by atoms with Crippen LogP contribution in [-0.2, 0) is 0 Å². The lowest BCUT2D eigenvalue weighted by Gasteiger charge is -2.19. The van der Waals surface area contributed by atoms with Gasteiger partial charge in [-0.25, -0.2) is 0 Å². The molecule has 0 radical (unpaired) electrons. The summed E-state index contributed by atoms with van der Waals surface area (Å²) in [4.78, 5) is 0. The first-order valence-electron chi connectivity index (χ1n) is 17.1. The van der Waals surface area contributed by atoms with E-state index >= 15 is 0 Å². The number of hydrogen-bond acceptors (Lipinski definition) is 2. The number of hydrogen-bond donors (Lipinski definition) is 0. The van der Waals surface area contributed by atoms with Gasteiger partial charge in [0.05, 0.1) is 6.26 Å². The summed E-state index contributed by atoms with van der Waals surface area (Å²) in [7, 11) is 0. The zero-order valence-electron chi connectivity index (χ0n) is 27.0. The van der Waals surface area contributed by atoms with Gasteiger partial charge in [0.1, 0.15) is 16.7 Å². The number of rotatable bonds is 3. The third-order valence-corrected chi connectivity index (χ3v) is 10.5. The fourth-order valence-electron chi connectivity index (χ4n) is 8.29. The number of benzene rings is 9. The summed E-state index contributed by atoms with van der Waals surface area (Å²) in [6.45, 7) is 0. The molecule has 9 aromatic carbocycles. The van der Waals surface area contributed by atoms with Crippen LogP contribution in [0.4, 0.5) is 0 Å². The van der Waals surface area contributed by atoms with Gasteiger partial charge in [-0.1, -0.05) is 133 Å². The van der Waals surface area contributed by atoms with Gasteiger partial charge in [0.25, 0.3) is 0 Å². The van der Waals surface area contributed by atoms with Crippen LogP contribution in [0.25, 0.3) is 109 Å². The highest BCUT2D eigenvalue weighted by molar-refractivity contribution is 6.26. The van der Waals surface area contributed by atoms with Gasteiger partial charge in [-0.3, -0.25) is 0 Å². The minimum absolute atomic E-state index is 0.824. The predicted octanol–water partition coefficient (Wildman–Crippen LogP) is 13.9. The highest BCUT2D eigenvalue weighted by Crippen LogP contribution is 2.47. The third-order valence-electron chi connectivity index (χ3n) is 10.5. The lowest BCUT2D eigenvalue weighted by molar-refractivity contribution is 0.614. The molecule has 0 N–H and O–H groups in total. The molecule has 0 amide bonds. The summed E-state index contributed by atoms with van der Waals surface area (Å²) < 4.78 is 12.6. The molecule has 2 heterocycles. The Kier molecular flexibility index (Phi) is 5.70. The zero-order valence-corrected chi connectivity index (χ0v) is 27.0. The van der Waals surface area contributed by atoms with Crippen molar-refractivity contribution in [3.8, 4) is 33.4 Å². The van der Waals surface area contributed by atoms with Gasteiger partial charge in [-0.2, -0.15) is 0 Å². The Morgan fingerprint density at radius 1 is 0.300 bits per heavy atom. The van der Waals surface area contributed by atoms with Gasteiger partial charge < -0.3 is 8.83 Å². The molecule has 11 rings (SSSR count). The summed E-state index contributed by atoms with van der Waals surface area (Å²) >= 11 is 0. The van der Waals surface area contributed by atoms with E-state index < -0.39 is 0 Å². The molecule has 0 fully saturated rings. The first-order valence-corrected chi connectivity index (χ1v) is 17.1. The number of fused-ring (bicyclic) bond motifs is 9. The Labute approximate surface area is 287 Å². The molecule has 0 aliphatic carbocycles. The summed E-state index contributed by atoms with van der Waals surface area (Å²) in [6, 6.07) is 59.0. The van der Waals surface area contributed by atoms with Gasteiger partial charge in [-0.15, -0.1) is 0 Å². The van der Waals surface area contributed by atoms with Gasteiger partial charge >= 0.3 is 0 Å². The second-order valence-electron chi connectivity index (χ2n) is 13.2. The van der Waals surface area contributed by atoms with Crippen LogP contribution in [0.1, 0.15) is 0 Å². The molecule has 2 aromatic heterocycles. The maximum Gasteiger partial charge on any atom is 0.139 e. The van der Waals surface area contributed by atoms with Gasteiger partial charge in [0.2, 0.25) is 0 Å². The van der Waals surface area contributed by atoms with Crippen LogP contribution in [0.5, 0.6) is 0 Å². The molecular weight excluding hydrogens is 609 g/mol. The Morgan fingerprint density at radius 2 is 0.900 bits per heavy atom. The molecule has 2 nitrogen and oxygen atoms in total. The average molecular weight is 637 g/mol. The maximum absolute atomic E-state index is 6.58. The lowest BCUT2D eigenvalue weighted by atomic mass is 9.84. The fourth-order valence-corrected chi connectivity index (χ4v) is 8.29. The number of furan rings is 2. The molecule has 0 aliphatic rings. The largest absolute Gasteiger partial charge is 0.464 e. The van der Waals surface area contributed by atoms with E-state index in [2.05, 4.69) is 152 Å². The first kappa shape index (κ1) is 27.3. The average Bonchev–Trinajstić information content (AvgIpc) is 3.76. The van der Waals surface area contributed by atoms with Crippen molar-refractivity contribution in [3.05, 3.63) is 170 Å². The summed E-state index contributed by atoms with van der Waals surface area (Å²) in [6.07, 6.45) is 1.85. The van der Waals surface area contributed by atoms with Crippen LogP contribution >= 0.6 is 0 Å². The molecule has 50 heavy (non-hydrogen) atoms. The molecule has 0 spiro atoms. The van der Waals surface area contributed by atoms with Gasteiger partial charge in [0, 0.05) is 27.8 Å². The third kappa shape index (κ3) is 3.90. The van der Waals surface area contributed by atoms with Crippen molar-refractivity contribution in [2.45, 2.75) is 0 Å². The molecule has 11 aromatic rings. The van der Waals surface area contributed by atoms with Gasteiger partial charge in [0.15, 0.2) is 0 Å². The van der Waals surface area contributed by atoms with E-state index in [9.17, 15) is 0 Å². The Bertz CT molecular complexity index is 3080. The monoisotopic (exact) mass is 636 g/mol. The van der Waals surface area contributed by atoms with Crippen LogP contribution in [0.15, 0.2) is 179 Å². The first-order chi connectivity index (χ1) is 24.8. The molecule has 232 valence electrons. The standard InChI is InChI=1S/C48H28O2/c1-2-12-29(13-3-1)43-28-49-44-27-46-40(26-41(43)44)35-23-22-31(25-45(35)50-46)47-36-18-8-10-20-38(36)48(39-21-11-9-19-37(39)47)42-24-30-14-4-5-15-32(30)33-16-6-7-17-34(33)42/h1-28H. The predicted molar refractivity (Wildman–Crippen MR) is 210 cm³/mol. The van der Waals surface area contributed by atoms with E-state index in [1.807, 2.05) is 18.4 Å². The lowest BCUT2D eigenvalue weighted by Crippen LogP contribution is -1.92. The molecule has 0 saturated carbocycles. The van der Waals surface area contributed by atoms with Crippen LogP contribution in [0.3, 0.4) is 0 Å².